The van der Waals surface area contributed by atoms with Crippen molar-refractivity contribution in [3.63, 3.8) is 0 Å². The van der Waals surface area contributed by atoms with Crippen molar-refractivity contribution < 1.29 is 4.84 Å². The molecule has 0 aromatic heterocycles. The molecule has 0 aliphatic heterocycles. The van der Waals surface area contributed by atoms with E-state index in [9.17, 15) is 0 Å². The van der Waals surface area contributed by atoms with Gasteiger partial charge in [-0.25, -0.2) is 0 Å². The molecular weight excluding hydrogens is 104 g/mol. The molecule has 0 heterocycles. The van der Waals surface area contributed by atoms with Crippen molar-refractivity contribution in [2.45, 2.75) is 19.4 Å². The van der Waals surface area contributed by atoms with Gasteiger partial charge in [-0.15, -0.1) is 0 Å². The lowest BCUT2D eigenvalue weighted by atomic mass is 10.3. The minimum atomic E-state index is -0.167. The van der Waals surface area contributed by atoms with Crippen LogP contribution in [0.3, 0.4) is 0 Å². The van der Waals surface area contributed by atoms with Crippen LogP contribution < -0.4 is 5.48 Å². The fourth-order valence-electron chi connectivity index (χ4n) is 0.343. The molecule has 0 radical (unpaired) electrons. The molecule has 0 amide bonds. The number of hydroxylamine groups is 1. The van der Waals surface area contributed by atoms with Crippen molar-refractivity contribution in [2.75, 3.05) is 7.11 Å². The van der Waals surface area contributed by atoms with Gasteiger partial charge in [0.2, 0.25) is 0 Å². The molecule has 0 aromatic carbocycles. The first-order valence-corrected chi connectivity index (χ1v) is 2.53. The standard InChI is InChI=1S/C5H10N2O/c1-3-5(4-6)7-8-2/h5,7H,3H2,1-2H3. The SMILES string of the molecule is CCC(C#N)NOC. The average Bonchev–Trinajstić information content (AvgIpc) is 1.83. The van der Waals surface area contributed by atoms with Crippen molar-refractivity contribution in [1.29, 1.82) is 5.26 Å². The van der Waals surface area contributed by atoms with Crippen molar-refractivity contribution in [1.82, 2.24) is 5.48 Å². The summed E-state index contributed by atoms with van der Waals surface area (Å²) in [6.45, 7) is 1.92. The van der Waals surface area contributed by atoms with Crippen LogP contribution in [0.5, 0.6) is 0 Å². The largest absolute Gasteiger partial charge is 0.304 e. The Balaban J connectivity index is 3.26. The van der Waals surface area contributed by atoms with Crippen LogP contribution >= 0.6 is 0 Å². The zero-order valence-electron chi connectivity index (χ0n) is 5.14. The highest BCUT2D eigenvalue weighted by atomic mass is 16.6. The van der Waals surface area contributed by atoms with Crippen LogP contribution in [0.15, 0.2) is 0 Å². The summed E-state index contributed by atoms with van der Waals surface area (Å²) >= 11 is 0. The maximum absolute atomic E-state index is 8.26. The number of rotatable bonds is 3. The van der Waals surface area contributed by atoms with Crippen molar-refractivity contribution >= 4 is 0 Å². The topological polar surface area (TPSA) is 45.0 Å². The summed E-state index contributed by atoms with van der Waals surface area (Å²) in [5.74, 6) is 0. The van der Waals surface area contributed by atoms with E-state index >= 15 is 0 Å². The van der Waals surface area contributed by atoms with Crippen LogP contribution in [0.2, 0.25) is 0 Å². The van der Waals surface area contributed by atoms with Gasteiger partial charge in [0.05, 0.1) is 13.2 Å². The van der Waals surface area contributed by atoms with E-state index in [4.69, 9.17) is 5.26 Å². The number of nitriles is 1. The zero-order valence-corrected chi connectivity index (χ0v) is 5.14. The van der Waals surface area contributed by atoms with E-state index in [1.54, 1.807) is 0 Å². The minimum Gasteiger partial charge on any atom is -0.304 e. The summed E-state index contributed by atoms with van der Waals surface area (Å²) in [6.07, 6.45) is 0.768. The Bertz CT molecular complexity index is 86.9. The smallest absolute Gasteiger partial charge is 0.118 e. The number of hydrogen-bond donors (Lipinski definition) is 1. The highest BCUT2D eigenvalue weighted by molar-refractivity contribution is 4.85. The van der Waals surface area contributed by atoms with Crippen LogP contribution in [0, 0.1) is 11.3 Å². The molecule has 0 aliphatic rings. The van der Waals surface area contributed by atoms with E-state index in [1.807, 2.05) is 13.0 Å². The number of hydrogen-bond acceptors (Lipinski definition) is 3. The Morgan fingerprint density at radius 3 is 2.62 bits per heavy atom. The molecule has 0 bridgehead atoms. The van der Waals surface area contributed by atoms with Crippen LogP contribution in [-0.2, 0) is 4.84 Å². The highest BCUT2D eigenvalue weighted by Gasteiger charge is 1.98. The zero-order chi connectivity index (χ0) is 6.41. The molecule has 8 heavy (non-hydrogen) atoms. The molecule has 0 saturated carbocycles. The lowest BCUT2D eigenvalue weighted by molar-refractivity contribution is 0.0746. The predicted molar refractivity (Wildman–Crippen MR) is 29.8 cm³/mol. The van der Waals surface area contributed by atoms with Gasteiger partial charge in [-0.2, -0.15) is 10.7 Å². The quantitative estimate of drug-likeness (QED) is 0.541. The van der Waals surface area contributed by atoms with E-state index in [0.717, 1.165) is 6.42 Å². The average molecular weight is 114 g/mol. The van der Waals surface area contributed by atoms with Crippen LogP contribution in [-0.4, -0.2) is 13.2 Å². The Morgan fingerprint density at radius 1 is 1.88 bits per heavy atom. The Morgan fingerprint density at radius 2 is 2.50 bits per heavy atom. The van der Waals surface area contributed by atoms with Gasteiger partial charge in [0, 0.05) is 0 Å². The van der Waals surface area contributed by atoms with Gasteiger partial charge in [0.25, 0.3) is 0 Å². The first kappa shape index (κ1) is 7.41. The van der Waals surface area contributed by atoms with Crippen molar-refractivity contribution in [3.05, 3.63) is 0 Å². The molecule has 0 aliphatic carbocycles. The maximum atomic E-state index is 8.26. The van der Waals surface area contributed by atoms with Crippen molar-refractivity contribution in [2.24, 2.45) is 0 Å². The second kappa shape index (κ2) is 4.57. The van der Waals surface area contributed by atoms with E-state index in [0.29, 0.717) is 0 Å². The van der Waals surface area contributed by atoms with Crippen LogP contribution in [0.25, 0.3) is 0 Å². The molecule has 1 unspecified atom stereocenters. The molecule has 0 saturated heterocycles. The van der Waals surface area contributed by atoms with Crippen LogP contribution in [0.4, 0.5) is 0 Å². The molecule has 46 valence electrons. The van der Waals surface area contributed by atoms with Gasteiger partial charge >= 0.3 is 0 Å². The molecule has 0 spiro atoms. The highest BCUT2D eigenvalue weighted by Crippen LogP contribution is 1.85. The molecule has 1 N–H and O–H groups in total. The Kier molecular flexibility index (Phi) is 4.23. The summed E-state index contributed by atoms with van der Waals surface area (Å²) in [4.78, 5) is 4.51. The third kappa shape index (κ3) is 2.56. The summed E-state index contributed by atoms with van der Waals surface area (Å²) in [7, 11) is 1.50. The van der Waals surface area contributed by atoms with Gasteiger partial charge in [0.15, 0.2) is 0 Å². The maximum Gasteiger partial charge on any atom is 0.118 e. The first-order chi connectivity index (χ1) is 3.85. The summed E-state index contributed by atoms with van der Waals surface area (Å²) < 4.78 is 0. The molecule has 3 nitrogen and oxygen atoms in total. The number of nitrogens with one attached hydrogen (secondary N) is 1. The van der Waals surface area contributed by atoms with E-state index in [-0.39, 0.29) is 6.04 Å². The normalized spacial score (nSPS) is 12.6. The van der Waals surface area contributed by atoms with Gasteiger partial charge < -0.3 is 4.84 Å². The van der Waals surface area contributed by atoms with Crippen LogP contribution in [0.1, 0.15) is 13.3 Å². The third-order valence-electron chi connectivity index (χ3n) is 0.824. The molecule has 3 heteroatoms. The first-order valence-electron chi connectivity index (χ1n) is 2.53. The third-order valence-corrected chi connectivity index (χ3v) is 0.824. The summed E-state index contributed by atoms with van der Waals surface area (Å²) in [5, 5.41) is 8.26. The molecule has 0 aromatic rings. The fraction of sp³-hybridized carbons (Fsp3) is 0.800. The van der Waals surface area contributed by atoms with E-state index in [1.165, 1.54) is 7.11 Å². The minimum absolute atomic E-state index is 0.167. The monoisotopic (exact) mass is 114 g/mol. The van der Waals surface area contributed by atoms with Gasteiger partial charge in [-0.1, -0.05) is 6.92 Å². The molecule has 0 rings (SSSR count). The lowest BCUT2D eigenvalue weighted by Crippen LogP contribution is -2.25. The second-order valence-electron chi connectivity index (χ2n) is 1.41. The second-order valence-corrected chi connectivity index (χ2v) is 1.41. The van der Waals surface area contributed by atoms with E-state index in [2.05, 4.69) is 10.3 Å². The summed E-state index contributed by atoms with van der Waals surface area (Å²) in [5.41, 5.74) is 2.52. The fourth-order valence-corrected chi connectivity index (χ4v) is 0.343. The van der Waals surface area contributed by atoms with E-state index < -0.39 is 0 Å². The van der Waals surface area contributed by atoms with Crippen molar-refractivity contribution in [3.8, 4) is 6.07 Å². The lowest BCUT2D eigenvalue weighted by Gasteiger charge is -2.03. The van der Waals surface area contributed by atoms with Gasteiger partial charge in [-0.3, -0.25) is 0 Å². The predicted octanol–water partition coefficient (Wildman–Crippen LogP) is 0.440. The van der Waals surface area contributed by atoms with Gasteiger partial charge in [0.1, 0.15) is 6.04 Å². The molecule has 0 fully saturated rings. The molecule has 1 atom stereocenters. The summed E-state index contributed by atoms with van der Waals surface area (Å²) in [6, 6.07) is 1.85. The van der Waals surface area contributed by atoms with Gasteiger partial charge in [-0.05, 0) is 6.42 Å². The number of nitrogens with zero attached hydrogens (tertiary/aromatic N) is 1. The Hall–Kier alpha value is -0.590. The molecular formula is C5H10N2O. The Labute approximate surface area is 49.2 Å².